The van der Waals surface area contributed by atoms with Crippen LogP contribution in [0.5, 0.6) is 0 Å². The fraction of sp³-hybridized carbons (Fsp3) is 0.500. The monoisotopic (exact) mass is 311 g/mol. The van der Waals surface area contributed by atoms with E-state index in [4.69, 9.17) is 5.73 Å². The van der Waals surface area contributed by atoms with Crippen LogP contribution in [-0.2, 0) is 21.2 Å². The Morgan fingerprint density at radius 3 is 2.57 bits per heavy atom. The molecule has 0 aliphatic carbocycles. The first-order valence-electron chi connectivity index (χ1n) is 7.09. The molecular formula is C14H21N3O3S. The Morgan fingerprint density at radius 2 is 2.00 bits per heavy atom. The molecular weight excluding hydrogens is 290 g/mol. The number of carbonyl (C=O) groups is 1. The summed E-state index contributed by atoms with van der Waals surface area (Å²) in [5.74, 6) is -0.145. The molecule has 0 saturated heterocycles. The van der Waals surface area contributed by atoms with Crippen LogP contribution in [0.15, 0.2) is 23.1 Å². The second kappa shape index (κ2) is 6.13. The van der Waals surface area contributed by atoms with Crippen molar-refractivity contribution in [2.75, 3.05) is 31.1 Å². The van der Waals surface area contributed by atoms with Gasteiger partial charge in [0.05, 0.1) is 11.4 Å². The Bertz CT molecular complexity index is 639. The summed E-state index contributed by atoms with van der Waals surface area (Å²) in [6.45, 7) is 5.02. The van der Waals surface area contributed by atoms with Crippen LogP contribution in [0, 0.1) is 0 Å². The largest absolute Gasteiger partial charge is 0.322 e. The Hall–Kier alpha value is -1.44. The van der Waals surface area contributed by atoms with E-state index in [9.17, 15) is 13.2 Å². The third-order valence-corrected chi connectivity index (χ3v) is 5.81. The molecule has 1 aromatic carbocycles. The zero-order valence-corrected chi connectivity index (χ0v) is 13.2. The standard InChI is InChI=1S/C14H21N3O3S/c1-3-16(4-2)21(19,20)12-5-6-13-11(9-12)7-8-17(13)14(18)10-15/h5-6,9H,3-4,7-8,10,15H2,1-2H3. The van der Waals surface area contributed by atoms with Crippen molar-refractivity contribution in [3.05, 3.63) is 23.8 Å². The van der Waals surface area contributed by atoms with Gasteiger partial charge in [-0.3, -0.25) is 4.79 Å². The first-order valence-corrected chi connectivity index (χ1v) is 8.53. The van der Waals surface area contributed by atoms with Crippen molar-refractivity contribution in [2.45, 2.75) is 25.2 Å². The molecule has 2 rings (SSSR count). The highest BCUT2D eigenvalue weighted by Gasteiger charge is 2.27. The van der Waals surface area contributed by atoms with Gasteiger partial charge in [0.15, 0.2) is 0 Å². The topological polar surface area (TPSA) is 83.7 Å². The average molecular weight is 311 g/mol. The minimum absolute atomic E-state index is 0.0427. The number of benzene rings is 1. The predicted molar refractivity (Wildman–Crippen MR) is 81.7 cm³/mol. The highest BCUT2D eigenvalue weighted by atomic mass is 32.2. The van der Waals surface area contributed by atoms with Crippen LogP contribution in [0.2, 0.25) is 0 Å². The lowest BCUT2D eigenvalue weighted by Crippen LogP contribution is -2.34. The number of hydrogen-bond acceptors (Lipinski definition) is 4. The summed E-state index contributed by atoms with van der Waals surface area (Å²) in [6, 6.07) is 4.94. The molecule has 2 N–H and O–H groups in total. The lowest BCUT2D eigenvalue weighted by molar-refractivity contribution is -0.117. The molecule has 0 spiro atoms. The molecule has 0 unspecified atom stereocenters. The third kappa shape index (κ3) is 2.81. The molecule has 21 heavy (non-hydrogen) atoms. The van der Waals surface area contributed by atoms with Gasteiger partial charge in [-0.25, -0.2) is 8.42 Å². The van der Waals surface area contributed by atoms with Crippen molar-refractivity contribution in [2.24, 2.45) is 5.73 Å². The molecule has 1 aliphatic heterocycles. The van der Waals surface area contributed by atoms with Crippen LogP contribution in [0.25, 0.3) is 0 Å². The quantitative estimate of drug-likeness (QED) is 0.861. The van der Waals surface area contributed by atoms with Gasteiger partial charge in [0.2, 0.25) is 15.9 Å². The number of hydrogen-bond donors (Lipinski definition) is 1. The first kappa shape index (κ1) is 15.9. The van der Waals surface area contributed by atoms with E-state index in [1.54, 1.807) is 23.1 Å². The maximum absolute atomic E-state index is 12.5. The molecule has 7 heteroatoms. The molecule has 1 aliphatic rings. The van der Waals surface area contributed by atoms with Crippen LogP contribution in [0.4, 0.5) is 5.69 Å². The smallest absolute Gasteiger partial charge is 0.243 e. The molecule has 1 amide bonds. The summed E-state index contributed by atoms with van der Waals surface area (Å²) in [7, 11) is -3.46. The van der Waals surface area contributed by atoms with Gasteiger partial charge in [-0.05, 0) is 30.2 Å². The van der Waals surface area contributed by atoms with Crippen molar-refractivity contribution in [1.29, 1.82) is 0 Å². The van der Waals surface area contributed by atoms with Crippen molar-refractivity contribution >= 4 is 21.6 Å². The van der Waals surface area contributed by atoms with E-state index in [-0.39, 0.29) is 17.3 Å². The van der Waals surface area contributed by atoms with Crippen LogP contribution in [0.1, 0.15) is 19.4 Å². The second-order valence-electron chi connectivity index (χ2n) is 4.88. The van der Waals surface area contributed by atoms with E-state index >= 15 is 0 Å². The van der Waals surface area contributed by atoms with Gasteiger partial charge < -0.3 is 10.6 Å². The van der Waals surface area contributed by atoms with Gasteiger partial charge in [0, 0.05) is 25.3 Å². The van der Waals surface area contributed by atoms with Crippen molar-refractivity contribution in [1.82, 2.24) is 4.31 Å². The number of carbonyl (C=O) groups excluding carboxylic acids is 1. The van der Waals surface area contributed by atoms with Crippen molar-refractivity contribution in [3.8, 4) is 0 Å². The Balaban J connectivity index is 2.38. The summed E-state index contributed by atoms with van der Waals surface area (Å²) in [6.07, 6.45) is 0.655. The van der Waals surface area contributed by atoms with Gasteiger partial charge in [-0.1, -0.05) is 13.8 Å². The molecule has 0 atom stereocenters. The number of amides is 1. The summed E-state index contributed by atoms with van der Waals surface area (Å²) in [5, 5.41) is 0. The SMILES string of the molecule is CCN(CC)S(=O)(=O)c1ccc2c(c1)CCN2C(=O)CN. The zero-order chi connectivity index (χ0) is 15.6. The van der Waals surface area contributed by atoms with Gasteiger partial charge in [0.1, 0.15) is 0 Å². The maximum atomic E-state index is 12.5. The molecule has 1 heterocycles. The lowest BCUT2D eigenvalue weighted by atomic mass is 10.2. The summed E-state index contributed by atoms with van der Waals surface area (Å²) < 4.78 is 26.4. The molecule has 0 fully saturated rings. The van der Waals surface area contributed by atoms with E-state index < -0.39 is 10.0 Å². The molecule has 6 nitrogen and oxygen atoms in total. The molecule has 1 aromatic rings. The Kier molecular flexibility index (Phi) is 4.65. The number of sulfonamides is 1. The van der Waals surface area contributed by atoms with Gasteiger partial charge >= 0.3 is 0 Å². The average Bonchev–Trinajstić information content (AvgIpc) is 2.90. The Morgan fingerprint density at radius 1 is 1.33 bits per heavy atom. The van der Waals surface area contributed by atoms with E-state index in [2.05, 4.69) is 0 Å². The van der Waals surface area contributed by atoms with Crippen LogP contribution in [0.3, 0.4) is 0 Å². The number of nitrogens with zero attached hydrogens (tertiary/aromatic N) is 2. The van der Waals surface area contributed by atoms with E-state index in [0.29, 0.717) is 26.1 Å². The maximum Gasteiger partial charge on any atom is 0.243 e. The van der Waals surface area contributed by atoms with Gasteiger partial charge in [0.25, 0.3) is 0 Å². The zero-order valence-electron chi connectivity index (χ0n) is 12.4. The van der Waals surface area contributed by atoms with E-state index in [0.717, 1.165) is 11.3 Å². The highest BCUT2D eigenvalue weighted by Crippen LogP contribution is 2.31. The number of anilines is 1. The summed E-state index contributed by atoms with van der Waals surface area (Å²) in [5.41, 5.74) is 7.04. The first-order chi connectivity index (χ1) is 9.95. The van der Waals surface area contributed by atoms with Crippen LogP contribution < -0.4 is 10.6 Å². The molecule has 0 radical (unpaired) electrons. The minimum Gasteiger partial charge on any atom is -0.322 e. The molecule has 0 saturated carbocycles. The van der Waals surface area contributed by atoms with Crippen molar-refractivity contribution in [3.63, 3.8) is 0 Å². The Labute approximate surface area is 125 Å². The fourth-order valence-corrected chi connectivity index (χ4v) is 4.13. The minimum atomic E-state index is -3.46. The third-order valence-electron chi connectivity index (χ3n) is 3.77. The van der Waals surface area contributed by atoms with Crippen molar-refractivity contribution < 1.29 is 13.2 Å². The van der Waals surface area contributed by atoms with Crippen LogP contribution >= 0.6 is 0 Å². The molecule has 116 valence electrons. The lowest BCUT2D eigenvalue weighted by Gasteiger charge is -2.20. The normalized spacial score (nSPS) is 14.6. The van der Waals surface area contributed by atoms with Crippen LogP contribution in [-0.4, -0.2) is 44.8 Å². The van der Waals surface area contributed by atoms with E-state index in [1.807, 2.05) is 13.8 Å². The molecule has 0 aromatic heterocycles. The number of rotatable bonds is 5. The highest BCUT2D eigenvalue weighted by molar-refractivity contribution is 7.89. The number of fused-ring (bicyclic) bond motifs is 1. The van der Waals surface area contributed by atoms with Gasteiger partial charge in [-0.15, -0.1) is 0 Å². The summed E-state index contributed by atoms with van der Waals surface area (Å²) in [4.78, 5) is 13.6. The fourth-order valence-electron chi connectivity index (χ4n) is 2.62. The number of nitrogens with two attached hydrogens (primary N) is 1. The second-order valence-corrected chi connectivity index (χ2v) is 6.82. The summed E-state index contributed by atoms with van der Waals surface area (Å²) >= 11 is 0. The van der Waals surface area contributed by atoms with E-state index in [1.165, 1.54) is 4.31 Å². The van der Waals surface area contributed by atoms with Gasteiger partial charge in [-0.2, -0.15) is 4.31 Å². The molecule has 0 bridgehead atoms. The predicted octanol–water partition coefficient (Wildman–Crippen LogP) is 0.565.